The topological polar surface area (TPSA) is 51.2 Å². The van der Waals surface area contributed by atoms with Gasteiger partial charge in [0.05, 0.1) is 18.3 Å². The molecule has 2 rings (SSSR count). The lowest BCUT2D eigenvalue weighted by molar-refractivity contribution is 0.0958. The van der Waals surface area contributed by atoms with Crippen molar-refractivity contribution in [1.82, 2.24) is 10.3 Å². The van der Waals surface area contributed by atoms with Crippen LogP contribution in [0.25, 0.3) is 0 Å². The summed E-state index contributed by atoms with van der Waals surface area (Å²) in [5.74, 6) is 6.24. The first-order chi connectivity index (χ1) is 10.3. The molecule has 1 heterocycles. The number of rotatable bonds is 4. The number of pyridine rings is 1. The predicted molar refractivity (Wildman–Crippen MR) is 89.0 cm³/mol. The van der Waals surface area contributed by atoms with Crippen LogP contribution in [0.1, 0.15) is 10.4 Å². The summed E-state index contributed by atoms with van der Waals surface area (Å²) in [4.78, 5) is 15.8. The van der Waals surface area contributed by atoms with Crippen LogP contribution in [0.2, 0.25) is 0 Å². The Morgan fingerprint density at radius 3 is 2.86 bits per heavy atom. The summed E-state index contributed by atoms with van der Waals surface area (Å²) in [5.41, 5.74) is 0.659. The van der Waals surface area contributed by atoms with Gasteiger partial charge >= 0.3 is 0 Å². The number of nitrogens with one attached hydrogen (secondary N) is 1. The summed E-state index contributed by atoms with van der Waals surface area (Å²) in [6.07, 6.45) is 3.31. The Morgan fingerprint density at radius 1 is 1.24 bits per heavy atom. The van der Waals surface area contributed by atoms with E-state index in [4.69, 9.17) is 4.74 Å². The van der Waals surface area contributed by atoms with Gasteiger partial charge in [-0.1, -0.05) is 24.0 Å². The molecule has 0 fully saturated rings. The zero-order valence-electron chi connectivity index (χ0n) is 11.2. The summed E-state index contributed by atoms with van der Waals surface area (Å²) in [5, 5.41) is 2.75. The number of nitrogens with zero attached hydrogens (tertiary/aromatic N) is 1. The molecule has 1 amide bonds. The molecule has 0 atom stereocenters. The minimum Gasteiger partial charge on any atom is -0.479 e. The number of amides is 1. The molecule has 5 heteroatoms. The first kappa shape index (κ1) is 15.3. The van der Waals surface area contributed by atoms with Gasteiger partial charge < -0.3 is 10.1 Å². The number of carbonyl (C=O) groups excluding carboxylic acids is 1. The minimum absolute atomic E-state index is 0.123. The van der Waals surface area contributed by atoms with Crippen molar-refractivity contribution in [2.75, 3.05) is 13.2 Å². The lowest BCUT2D eigenvalue weighted by Gasteiger charge is -2.03. The Hall–Kier alpha value is -2.07. The standard InChI is InChI=1S/C16H13IN2O2/c17-15-8-2-1-7-14(15)16(20)19-10-3-4-11-21-13-6-5-9-18-12-13/h1-2,5-9,12H,10-11H2,(H,19,20). The Labute approximate surface area is 137 Å². The third kappa shape index (κ3) is 5.08. The molecule has 2 aromatic rings. The van der Waals surface area contributed by atoms with Crippen molar-refractivity contribution < 1.29 is 9.53 Å². The van der Waals surface area contributed by atoms with Gasteiger partial charge in [0.1, 0.15) is 12.4 Å². The maximum atomic E-state index is 11.9. The van der Waals surface area contributed by atoms with Crippen molar-refractivity contribution in [2.45, 2.75) is 0 Å². The van der Waals surface area contributed by atoms with Crippen LogP contribution in [0.4, 0.5) is 0 Å². The molecule has 1 aromatic carbocycles. The molecule has 0 radical (unpaired) electrons. The van der Waals surface area contributed by atoms with E-state index in [9.17, 15) is 4.79 Å². The van der Waals surface area contributed by atoms with Gasteiger partial charge in [-0.25, -0.2) is 0 Å². The van der Waals surface area contributed by atoms with E-state index in [1.165, 1.54) is 0 Å². The van der Waals surface area contributed by atoms with E-state index >= 15 is 0 Å². The number of hydrogen-bond acceptors (Lipinski definition) is 3. The molecule has 1 N–H and O–H groups in total. The highest BCUT2D eigenvalue weighted by atomic mass is 127. The SMILES string of the molecule is O=C(NCC#CCOc1cccnc1)c1ccccc1I. The van der Waals surface area contributed by atoms with E-state index in [2.05, 4.69) is 44.7 Å². The highest BCUT2D eigenvalue weighted by Crippen LogP contribution is 2.10. The van der Waals surface area contributed by atoms with Crippen LogP contribution in [0, 0.1) is 15.4 Å². The molecule has 0 spiro atoms. The number of ether oxygens (including phenoxy) is 1. The zero-order valence-corrected chi connectivity index (χ0v) is 13.3. The number of carbonyl (C=O) groups is 1. The molecule has 0 saturated carbocycles. The number of hydrogen-bond donors (Lipinski definition) is 1. The van der Waals surface area contributed by atoms with Crippen molar-refractivity contribution >= 4 is 28.5 Å². The predicted octanol–water partition coefficient (Wildman–Crippen LogP) is 2.50. The highest BCUT2D eigenvalue weighted by Gasteiger charge is 2.06. The zero-order chi connectivity index (χ0) is 14.9. The van der Waals surface area contributed by atoms with E-state index in [0.717, 1.165) is 3.57 Å². The summed E-state index contributed by atoms with van der Waals surface area (Å²) in [7, 11) is 0. The highest BCUT2D eigenvalue weighted by molar-refractivity contribution is 14.1. The fraction of sp³-hybridized carbons (Fsp3) is 0.125. The van der Waals surface area contributed by atoms with Gasteiger partial charge in [0.25, 0.3) is 5.91 Å². The Kier molecular flexibility index (Phi) is 6.03. The second kappa shape index (κ2) is 8.27. The number of aromatic nitrogens is 1. The van der Waals surface area contributed by atoms with Gasteiger partial charge in [0.2, 0.25) is 0 Å². The third-order valence-electron chi connectivity index (χ3n) is 2.53. The van der Waals surface area contributed by atoms with Crippen LogP contribution < -0.4 is 10.1 Å². The van der Waals surface area contributed by atoms with Gasteiger partial charge in [0, 0.05) is 9.77 Å². The van der Waals surface area contributed by atoms with Crippen LogP contribution in [-0.4, -0.2) is 24.0 Å². The van der Waals surface area contributed by atoms with E-state index < -0.39 is 0 Å². The van der Waals surface area contributed by atoms with Crippen LogP contribution in [0.15, 0.2) is 48.8 Å². The lowest BCUT2D eigenvalue weighted by Crippen LogP contribution is -2.24. The van der Waals surface area contributed by atoms with Crippen LogP contribution in [0.3, 0.4) is 0 Å². The van der Waals surface area contributed by atoms with Gasteiger partial charge in [-0.05, 0) is 46.9 Å². The maximum absolute atomic E-state index is 11.9. The van der Waals surface area contributed by atoms with Gasteiger partial charge in [-0.2, -0.15) is 0 Å². The normalized spacial score (nSPS) is 9.38. The third-order valence-corrected chi connectivity index (χ3v) is 3.47. The molecule has 0 bridgehead atoms. The Morgan fingerprint density at radius 2 is 2.10 bits per heavy atom. The Bertz CT molecular complexity index is 663. The average molecular weight is 392 g/mol. The molecular formula is C16H13IN2O2. The van der Waals surface area contributed by atoms with E-state index in [1.807, 2.05) is 24.3 Å². The molecule has 1 aromatic heterocycles. The molecular weight excluding hydrogens is 379 g/mol. The van der Waals surface area contributed by atoms with E-state index in [-0.39, 0.29) is 12.5 Å². The molecule has 0 aliphatic heterocycles. The Balaban J connectivity index is 1.74. The fourth-order valence-corrected chi connectivity index (χ4v) is 2.16. The average Bonchev–Trinajstić information content (AvgIpc) is 2.52. The second-order valence-corrected chi connectivity index (χ2v) is 5.16. The maximum Gasteiger partial charge on any atom is 0.253 e. The van der Waals surface area contributed by atoms with Crippen molar-refractivity contribution in [2.24, 2.45) is 0 Å². The summed E-state index contributed by atoms with van der Waals surface area (Å²) in [6, 6.07) is 11.0. The van der Waals surface area contributed by atoms with Crippen molar-refractivity contribution in [3.63, 3.8) is 0 Å². The largest absolute Gasteiger partial charge is 0.479 e. The van der Waals surface area contributed by atoms with Crippen molar-refractivity contribution in [1.29, 1.82) is 0 Å². The van der Waals surface area contributed by atoms with Crippen LogP contribution >= 0.6 is 22.6 Å². The number of halogens is 1. The minimum atomic E-state index is -0.123. The molecule has 0 unspecified atom stereocenters. The molecule has 4 nitrogen and oxygen atoms in total. The summed E-state index contributed by atoms with van der Waals surface area (Å²) < 4.78 is 6.28. The van der Waals surface area contributed by atoms with Gasteiger partial charge in [-0.3, -0.25) is 9.78 Å². The first-order valence-electron chi connectivity index (χ1n) is 6.28. The second-order valence-electron chi connectivity index (χ2n) is 3.99. The molecule has 106 valence electrons. The first-order valence-corrected chi connectivity index (χ1v) is 7.36. The summed E-state index contributed by atoms with van der Waals surface area (Å²) >= 11 is 2.13. The number of benzene rings is 1. The molecule has 21 heavy (non-hydrogen) atoms. The molecule has 0 aliphatic rings. The van der Waals surface area contributed by atoms with E-state index in [0.29, 0.717) is 17.9 Å². The fourth-order valence-electron chi connectivity index (χ4n) is 1.53. The summed E-state index contributed by atoms with van der Waals surface area (Å²) in [6.45, 7) is 0.560. The quantitative estimate of drug-likeness (QED) is 0.643. The van der Waals surface area contributed by atoms with Crippen molar-refractivity contribution in [3.8, 4) is 17.6 Å². The molecule has 0 aliphatic carbocycles. The monoisotopic (exact) mass is 392 g/mol. The van der Waals surface area contributed by atoms with Gasteiger partial charge in [-0.15, -0.1) is 0 Å². The van der Waals surface area contributed by atoms with Crippen LogP contribution in [0.5, 0.6) is 5.75 Å². The van der Waals surface area contributed by atoms with E-state index in [1.54, 1.807) is 24.5 Å². The van der Waals surface area contributed by atoms with Crippen molar-refractivity contribution in [3.05, 3.63) is 57.9 Å². The molecule has 0 saturated heterocycles. The van der Waals surface area contributed by atoms with Gasteiger partial charge in [0.15, 0.2) is 0 Å². The smallest absolute Gasteiger partial charge is 0.253 e. The lowest BCUT2D eigenvalue weighted by atomic mass is 10.2. The van der Waals surface area contributed by atoms with Crippen LogP contribution in [-0.2, 0) is 0 Å².